The van der Waals surface area contributed by atoms with Crippen LogP contribution < -0.4 is 10.6 Å². The van der Waals surface area contributed by atoms with E-state index >= 15 is 0 Å². The molecule has 0 spiro atoms. The highest BCUT2D eigenvalue weighted by atomic mass is 16.2. The van der Waals surface area contributed by atoms with E-state index in [0.29, 0.717) is 5.92 Å². The lowest BCUT2D eigenvalue weighted by atomic mass is 10.0. The zero-order valence-corrected chi connectivity index (χ0v) is 13.4. The van der Waals surface area contributed by atoms with Gasteiger partial charge >= 0.3 is 6.03 Å². The second kappa shape index (κ2) is 7.82. The van der Waals surface area contributed by atoms with E-state index < -0.39 is 0 Å². The van der Waals surface area contributed by atoms with Gasteiger partial charge in [-0.05, 0) is 42.9 Å². The molecule has 0 unspecified atom stereocenters. The maximum Gasteiger partial charge on any atom is 0.319 e. The molecule has 0 aliphatic carbocycles. The van der Waals surface area contributed by atoms with Gasteiger partial charge in [-0.25, -0.2) is 4.79 Å². The monoisotopic (exact) mass is 303 g/mol. The summed E-state index contributed by atoms with van der Waals surface area (Å²) in [4.78, 5) is 25.7. The Hall–Kier alpha value is -2.04. The zero-order valence-electron chi connectivity index (χ0n) is 13.4. The van der Waals surface area contributed by atoms with E-state index in [1.165, 1.54) is 12.0 Å². The molecule has 1 heterocycles. The van der Waals surface area contributed by atoms with Crippen LogP contribution in [0.3, 0.4) is 0 Å². The van der Waals surface area contributed by atoms with Crippen molar-refractivity contribution in [3.05, 3.63) is 29.8 Å². The normalized spacial score (nSPS) is 14.8. The average molecular weight is 303 g/mol. The Morgan fingerprint density at radius 3 is 2.59 bits per heavy atom. The topological polar surface area (TPSA) is 61.4 Å². The number of rotatable bonds is 4. The lowest BCUT2D eigenvalue weighted by Crippen LogP contribution is -2.43. The molecule has 1 aromatic carbocycles. The van der Waals surface area contributed by atoms with Gasteiger partial charge in [0.15, 0.2) is 0 Å². The van der Waals surface area contributed by atoms with Crippen molar-refractivity contribution in [1.82, 2.24) is 10.2 Å². The van der Waals surface area contributed by atoms with Crippen LogP contribution in [0.5, 0.6) is 0 Å². The lowest BCUT2D eigenvalue weighted by Gasteiger charge is -2.26. The lowest BCUT2D eigenvalue weighted by molar-refractivity contribution is -0.130. The van der Waals surface area contributed by atoms with Gasteiger partial charge in [-0.2, -0.15) is 0 Å². The Morgan fingerprint density at radius 1 is 1.18 bits per heavy atom. The number of hydrogen-bond donors (Lipinski definition) is 2. The van der Waals surface area contributed by atoms with E-state index in [1.807, 2.05) is 29.2 Å². The first-order valence-electron chi connectivity index (χ1n) is 7.99. The molecular formula is C17H25N3O2. The molecule has 0 saturated carbocycles. The van der Waals surface area contributed by atoms with Crippen molar-refractivity contribution in [2.45, 2.75) is 39.0 Å². The number of urea groups is 1. The van der Waals surface area contributed by atoms with Crippen molar-refractivity contribution in [2.75, 3.05) is 25.0 Å². The number of likely N-dealkylation sites (tertiary alicyclic amines) is 1. The predicted octanol–water partition coefficient (Wildman–Crippen LogP) is 2.94. The highest BCUT2D eigenvalue weighted by Gasteiger charge is 2.16. The molecule has 0 bridgehead atoms. The number of benzene rings is 1. The molecule has 1 aliphatic rings. The molecule has 1 saturated heterocycles. The number of carbonyl (C=O) groups is 2. The van der Waals surface area contributed by atoms with Crippen molar-refractivity contribution in [3.63, 3.8) is 0 Å². The van der Waals surface area contributed by atoms with Crippen LogP contribution in [0.2, 0.25) is 0 Å². The summed E-state index contributed by atoms with van der Waals surface area (Å²) in [6.45, 7) is 5.87. The van der Waals surface area contributed by atoms with Crippen LogP contribution in [-0.4, -0.2) is 36.5 Å². The summed E-state index contributed by atoms with van der Waals surface area (Å²) in [6, 6.07) is 7.41. The third kappa shape index (κ3) is 4.76. The largest absolute Gasteiger partial charge is 0.341 e. The van der Waals surface area contributed by atoms with Crippen molar-refractivity contribution in [3.8, 4) is 0 Å². The van der Waals surface area contributed by atoms with E-state index in [-0.39, 0.29) is 18.5 Å². The van der Waals surface area contributed by atoms with Crippen LogP contribution in [-0.2, 0) is 4.79 Å². The molecular weight excluding hydrogens is 278 g/mol. The quantitative estimate of drug-likeness (QED) is 0.898. The van der Waals surface area contributed by atoms with Crippen molar-refractivity contribution >= 4 is 17.6 Å². The van der Waals surface area contributed by atoms with Crippen LogP contribution in [0.15, 0.2) is 24.3 Å². The molecule has 0 aromatic heterocycles. The van der Waals surface area contributed by atoms with E-state index in [1.54, 1.807) is 0 Å². The first-order chi connectivity index (χ1) is 10.6. The van der Waals surface area contributed by atoms with Gasteiger partial charge in [0, 0.05) is 18.8 Å². The second-order valence-electron chi connectivity index (χ2n) is 6.03. The maximum atomic E-state index is 12.0. The van der Waals surface area contributed by atoms with Crippen LogP contribution in [0.1, 0.15) is 44.6 Å². The summed E-state index contributed by atoms with van der Waals surface area (Å²) in [6.07, 6.45) is 3.30. The molecule has 1 fully saturated rings. The number of piperidine rings is 1. The number of carbonyl (C=O) groups excluding carboxylic acids is 2. The Morgan fingerprint density at radius 2 is 1.91 bits per heavy atom. The van der Waals surface area contributed by atoms with Gasteiger partial charge in [0.2, 0.25) is 5.91 Å². The van der Waals surface area contributed by atoms with Gasteiger partial charge in [-0.1, -0.05) is 26.0 Å². The number of nitrogens with zero attached hydrogens (tertiary/aromatic N) is 1. The number of anilines is 1. The summed E-state index contributed by atoms with van der Waals surface area (Å²) in [7, 11) is 0. The zero-order chi connectivity index (χ0) is 15.9. The fraction of sp³-hybridized carbons (Fsp3) is 0.529. The minimum atomic E-state index is -0.341. The van der Waals surface area contributed by atoms with Crippen molar-refractivity contribution in [2.24, 2.45) is 0 Å². The Labute approximate surface area is 132 Å². The van der Waals surface area contributed by atoms with E-state index in [9.17, 15) is 9.59 Å². The Bertz CT molecular complexity index is 522. The fourth-order valence-corrected chi connectivity index (χ4v) is 2.56. The van der Waals surface area contributed by atoms with Crippen molar-refractivity contribution in [1.29, 1.82) is 0 Å². The van der Waals surface area contributed by atoms with Gasteiger partial charge in [0.05, 0.1) is 6.54 Å². The summed E-state index contributed by atoms with van der Waals surface area (Å²) < 4.78 is 0. The molecule has 5 heteroatoms. The number of nitrogens with one attached hydrogen (secondary N) is 2. The highest BCUT2D eigenvalue weighted by Crippen LogP contribution is 2.18. The first-order valence-corrected chi connectivity index (χ1v) is 7.99. The maximum absolute atomic E-state index is 12.0. The van der Waals surface area contributed by atoms with Crippen molar-refractivity contribution < 1.29 is 9.59 Å². The predicted molar refractivity (Wildman–Crippen MR) is 88.0 cm³/mol. The standard InChI is InChI=1S/C17H25N3O2/c1-13(2)14-7-6-8-15(11-14)19-17(22)18-12-16(21)20-9-4-3-5-10-20/h6-8,11,13H,3-5,9-10,12H2,1-2H3,(H2,18,19,22). The molecule has 2 N–H and O–H groups in total. The highest BCUT2D eigenvalue weighted by molar-refractivity contribution is 5.92. The van der Waals surface area contributed by atoms with Crippen LogP contribution in [0.4, 0.5) is 10.5 Å². The SMILES string of the molecule is CC(C)c1cccc(NC(=O)NCC(=O)N2CCCCC2)c1. The Balaban J connectivity index is 1.80. The van der Waals surface area contributed by atoms with Gasteiger partial charge in [0.1, 0.15) is 0 Å². The molecule has 5 nitrogen and oxygen atoms in total. The summed E-state index contributed by atoms with van der Waals surface area (Å²) in [5.41, 5.74) is 1.91. The van der Waals surface area contributed by atoms with E-state index in [2.05, 4.69) is 24.5 Å². The summed E-state index contributed by atoms with van der Waals surface area (Å²) >= 11 is 0. The van der Waals surface area contributed by atoms with Crippen LogP contribution in [0, 0.1) is 0 Å². The molecule has 2 rings (SSSR count). The molecule has 0 atom stereocenters. The molecule has 1 aromatic rings. The smallest absolute Gasteiger partial charge is 0.319 e. The first kappa shape index (κ1) is 16.3. The average Bonchev–Trinajstić information content (AvgIpc) is 2.53. The second-order valence-corrected chi connectivity index (χ2v) is 6.03. The molecule has 3 amide bonds. The molecule has 1 aliphatic heterocycles. The molecule has 0 radical (unpaired) electrons. The van der Waals surface area contributed by atoms with Crippen LogP contribution in [0.25, 0.3) is 0 Å². The summed E-state index contributed by atoms with van der Waals surface area (Å²) in [5.74, 6) is 0.399. The molecule has 22 heavy (non-hydrogen) atoms. The number of amides is 3. The minimum Gasteiger partial charge on any atom is -0.341 e. The number of hydrogen-bond acceptors (Lipinski definition) is 2. The fourth-order valence-electron chi connectivity index (χ4n) is 2.56. The minimum absolute atomic E-state index is 0.00854. The van der Waals surface area contributed by atoms with Crippen LogP contribution >= 0.6 is 0 Å². The van der Waals surface area contributed by atoms with Gasteiger partial charge in [-0.3, -0.25) is 4.79 Å². The van der Waals surface area contributed by atoms with Gasteiger partial charge < -0.3 is 15.5 Å². The van der Waals surface area contributed by atoms with E-state index in [4.69, 9.17) is 0 Å². The van der Waals surface area contributed by atoms with Gasteiger partial charge in [-0.15, -0.1) is 0 Å². The molecule has 120 valence electrons. The van der Waals surface area contributed by atoms with E-state index in [0.717, 1.165) is 31.6 Å². The third-order valence-electron chi connectivity index (χ3n) is 3.92. The summed E-state index contributed by atoms with van der Waals surface area (Å²) in [5, 5.41) is 5.41. The Kier molecular flexibility index (Phi) is 5.81. The van der Waals surface area contributed by atoms with Gasteiger partial charge in [0.25, 0.3) is 0 Å². The third-order valence-corrected chi connectivity index (χ3v) is 3.92.